The molecule has 1 aliphatic heterocycles. The summed E-state index contributed by atoms with van der Waals surface area (Å²) in [6, 6.07) is 3.61. The number of amides is 1. The second kappa shape index (κ2) is 9.49. The van der Waals surface area contributed by atoms with Crippen LogP contribution in [-0.2, 0) is 11.2 Å². The number of phenolic OH excluding ortho intramolecular Hbond substituents is 2. The van der Waals surface area contributed by atoms with Gasteiger partial charge in [-0.25, -0.2) is 0 Å². The molecule has 3 rings (SSSR count). The van der Waals surface area contributed by atoms with Crippen LogP contribution in [0.2, 0.25) is 0 Å². The van der Waals surface area contributed by atoms with Crippen LogP contribution in [0.5, 0.6) is 11.5 Å². The van der Waals surface area contributed by atoms with Gasteiger partial charge in [0.05, 0.1) is 0 Å². The molecule has 2 aliphatic rings. The molecule has 4 heteroatoms. The summed E-state index contributed by atoms with van der Waals surface area (Å²) in [6.07, 6.45) is 5.18. The summed E-state index contributed by atoms with van der Waals surface area (Å²) in [5.41, 5.74) is 2.94. The van der Waals surface area contributed by atoms with Gasteiger partial charge in [-0.1, -0.05) is 39.3 Å². The molecule has 0 aromatic heterocycles. The van der Waals surface area contributed by atoms with E-state index in [1.807, 2.05) is 18.7 Å². The number of nitrogens with zero attached hydrogens (tertiary/aromatic N) is 1. The van der Waals surface area contributed by atoms with Crippen molar-refractivity contribution in [3.05, 3.63) is 34.9 Å². The van der Waals surface area contributed by atoms with E-state index >= 15 is 0 Å². The van der Waals surface area contributed by atoms with Crippen LogP contribution in [-0.4, -0.2) is 34.1 Å². The van der Waals surface area contributed by atoms with E-state index in [1.165, 1.54) is 5.57 Å². The fraction of sp³-hybridized carbons (Fsp3) is 0.625. The summed E-state index contributed by atoms with van der Waals surface area (Å²) < 4.78 is 0. The van der Waals surface area contributed by atoms with Crippen molar-refractivity contribution >= 4 is 5.91 Å². The molecule has 2 N–H and O–H groups in total. The fourth-order valence-electron chi connectivity index (χ4n) is 4.56. The highest BCUT2D eigenvalue weighted by atomic mass is 16.3. The zero-order chi connectivity index (χ0) is 21.0. The van der Waals surface area contributed by atoms with Crippen LogP contribution in [0.3, 0.4) is 0 Å². The van der Waals surface area contributed by atoms with Crippen LogP contribution in [0.4, 0.5) is 0 Å². The maximum absolute atomic E-state index is 11.3. The molecule has 1 aromatic carbocycles. The Kier molecular flexibility index (Phi) is 7.56. The maximum Gasteiger partial charge on any atom is 0.219 e. The van der Waals surface area contributed by atoms with Crippen LogP contribution < -0.4 is 0 Å². The second-order valence-electron chi connectivity index (χ2n) is 8.53. The van der Waals surface area contributed by atoms with Crippen molar-refractivity contribution in [3.8, 4) is 11.5 Å². The number of likely N-dealkylation sites (tertiary alicyclic amines) is 1. The van der Waals surface area contributed by atoms with E-state index in [4.69, 9.17) is 0 Å². The molecular weight excluding hydrogens is 350 g/mol. The normalized spacial score (nSPS) is 22.2. The molecule has 1 fully saturated rings. The summed E-state index contributed by atoms with van der Waals surface area (Å²) in [5, 5.41) is 21.4. The van der Waals surface area contributed by atoms with Gasteiger partial charge in [0.15, 0.2) is 0 Å². The predicted octanol–water partition coefficient (Wildman–Crippen LogP) is 5.24. The van der Waals surface area contributed by atoms with Gasteiger partial charge >= 0.3 is 0 Å². The van der Waals surface area contributed by atoms with Gasteiger partial charge in [-0.05, 0) is 61.6 Å². The number of phenols is 2. The Bertz CT molecular complexity index is 694. The Morgan fingerprint density at radius 2 is 1.75 bits per heavy atom. The van der Waals surface area contributed by atoms with Crippen LogP contribution in [0.25, 0.3) is 0 Å². The van der Waals surface area contributed by atoms with Crippen molar-refractivity contribution in [1.82, 2.24) is 4.90 Å². The van der Waals surface area contributed by atoms with Crippen molar-refractivity contribution in [2.45, 2.75) is 66.7 Å². The summed E-state index contributed by atoms with van der Waals surface area (Å²) >= 11 is 0. The van der Waals surface area contributed by atoms with Crippen molar-refractivity contribution in [1.29, 1.82) is 0 Å². The Morgan fingerprint density at radius 1 is 1.18 bits per heavy atom. The Labute approximate surface area is 170 Å². The SMILES string of the molecule is CC.CC(=O)N1CC(Cc2cc(O)c([C@@H]3C=C(C)CCC3C(C)C)c(O)c2)C1. The van der Waals surface area contributed by atoms with E-state index in [1.54, 1.807) is 19.1 Å². The van der Waals surface area contributed by atoms with Gasteiger partial charge in [-0.15, -0.1) is 0 Å². The first-order valence-corrected chi connectivity index (χ1v) is 10.7. The smallest absolute Gasteiger partial charge is 0.219 e. The van der Waals surface area contributed by atoms with E-state index in [-0.39, 0.29) is 23.3 Å². The first kappa shape index (κ1) is 22.3. The van der Waals surface area contributed by atoms with Crippen molar-refractivity contribution in [3.63, 3.8) is 0 Å². The topological polar surface area (TPSA) is 60.8 Å². The second-order valence-corrected chi connectivity index (χ2v) is 8.53. The summed E-state index contributed by atoms with van der Waals surface area (Å²) in [4.78, 5) is 13.1. The minimum Gasteiger partial charge on any atom is -0.507 e. The van der Waals surface area contributed by atoms with Gasteiger partial charge in [0.25, 0.3) is 0 Å². The van der Waals surface area contributed by atoms with Crippen molar-refractivity contribution in [2.24, 2.45) is 17.8 Å². The lowest BCUT2D eigenvalue weighted by Crippen LogP contribution is -2.49. The average Bonchev–Trinajstić information content (AvgIpc) is 2.58. The predicted molar refractivity (Wildman–Crippen MR) is 115 cm³/mol. The molecule has 1 saturated heterocycles. The Hall–Kier alpha value is -1.97. The quantitative estimate of drug-likeness (QED) is 0.695. The lowest BCUT2D eigenvalue weighted by molar-refractivity contribution is -0.134. The summed E-state index contributed by atoms with van der Waals surface area (Å²) in [5.74, 6) is 1.90. The van der Waals surface area contributed by atoms with E-state index < -0.39 is 0 Å². The van der Waals surface area contributed by atoms with E-state index in [9.17, 15) is 15.0 Å². The number of carbonyl (C=O) groups is 1. The highest BCUT2D eigenvalue weighted by Gasteiger charge is 2.32. The largest absolute Gasteiger partial charge is 0.507 e. The standard InChI is InChI=1S/C22H31NO3.C2H6/c1-13(2)18-6-5-14(3)7-19(18)22-20(25)9-16(10-21(22)26)8-17-11-23(12-17)15(4)24;1-2/h7,9-10,13,17-19,25-26H,5-6,8,11-12H2,1-4H3;1-2H3/t18?,19-;/m1./s1. The molecule has 0 radical (unpaired) electrons. The number of rotatable bonds is 4. The summed E-state index contributed by atoms with van der Waals surface area (Å²) in [6.45, 7) is 13.7. The first-order chi connectivity index (χ1) is 13.3. The molecule has 1 amide bonds. The number of aromatic hydroxyl groups is 2. The highest BCUT2D eigenvalue weighted by Crippen LogP contribution is 2.47. The third-order valence-corrected chi connectivity index (χ3v) is 6.11. The molecule has 2 atom stereocenters. The molecule has 0 saturated carbocycles. The molecule has 4 nitrogen and oxygen atoms in total. The van der Waals surface area contributed by atoms with Gasteiger partial charge in [-0.3, -0.25) is 4.79 Å². The molecule has 156 valence electrons. The number of benzene rings is 1. The minimum absolute atomic E-state index is 0.0645. The first-order valence-electron chi connectivity index (χ1n) is 10.7. The highest BCUT2D eigenvalue weighted by molar-refractivity contribution is 5.74. The lowest BCUT2D eigenvalue weighted by Gasteiger charge is -2.39. The molecule has 1 aliphatic carbocycles. The fourth-order valence-corrected chi connectivity index (χ4v) is 4.56. The number of hydrogen-bond donors (Lipinski definition) is 2. The van der Waals surface area contributed by atoms with Gasteiger partial charge in [0.1, 0.15) is 11.5 Å². The maximum atomic E-state index is 11.3. The third-order valence-electron chi connectivity index (χ3n) is 6.11. The van der Waals surface area contributed by atoms with Crippen LogP contribution in [0, 0.1) is 17.8 Å². The number of hydrogen-bond acceptors (Lipinski definition) is 3. The molecular formula is C24H37NO3. The van der Waals surface area contributed by atoms with E-state index in [2.05, 4.69) is 26.8 Å². The van der Waals surface area contributed by atoms with Crippen LogP contribution >= 0.6 is 0 Å². The van der Waals surface area contributed by atoms with Crippen molar-refractivity contribution in [2.75, 3.05) is 13.1 Å². The molecule has 1 heterocycles. The van der Waals surface area contributed by atoms with Gasteiger partial charge in [0, 0.05) is 31.5 Å². The monoisotopic (exact) mass is 387 g/mol. The van der Waals surface area contributed by atoms with E-state index in [0.29, 0.717) is 23.3 Å². The summed E-state index contributed by atoms with van der Waals surface area (Å²) in [7, 11) is 0. The minimum atomic E-state index is 0.0645. The Morgan fingerprint density at radius 3 is 2.25 bits per heavy atom. The molecule has 1 aromatic rings. The molecule has 0 bridgehead atoms. The van der Waals surface area contributed by atoms with Crippen molar-refractivity contribution < 1.29 is 15.0 Å². The Balaban J connectivity index is 0.00000136. The average molecular weight is 388 g/mol. The van der Waals surface area contributed by atoms with Crippen LogP contribution in [0.1, 0.15) is 71.4 Å². The molecule has 1 unspecified atom stereocenters. The van der Waals surface area contributed by atoms with E-state index in [0.717, 1.165) is 37.9 Å². The lowest BCUT2D eigenvalue weighted by atomic mass is 9.71. The number of allylic oxidation sites excluding steroid dienone is 2. The molecule has 0 spiro atoms. The van der Waals surface area contributed by atoms with Gasteiger partial charge in [-0.2, -0.15) is 0 Å². The van der Waals surface area contributed by atoms with Gasteiger partial charge in [0.2, 0.25) is 5.91 Å². The zero-order valence-corrected chi connectivity index (χ0v) is 18.3. The van der Waals surface area contributed by atoms with Crippen LogP contribution in [0.15, 0.2) is 23.8 Å². The third kappa shape index (κ3) is 4.89. The zero-order valence-electron chi connectivity index (χ0n) is 18.3. The van der Waals surface area contributed by atoms with Gasteiger partial charge < -0.3 is 15.1 Å². The molecule has 28 heavy (non-hydrogen) atoms. The number of carbonyl (C=O) groups excluding carboxylic acids is 1.